The van der Waals surface area contributed by atoms with E-state index in [2.05, 4.69) is 16.8 Å². The zero-order valence-corrected chi connectivity index (χ0v) is 16.4. The van der Waals surface area contributed by atoms with Gasteiger partial charge in [0.15, 0.2) is 5.78 Å². The van der Waals surface area contributed by atoms with Gasteiger partial charge in [-0.25, -0.2) is 0 Å². The number of anilines is 1. The smallest absolute Gasteiger partial charge is 0.240 e. The number of nitrogens with zero attached hydrogens (tertiary/aromatic N) is 3. The van der Waals surface area contributed by atoms with E-state index in [0.29, 0.717) is 28.4 Å². The van der Waals surface area contributed by atoms with Crippen molar-refractivity contribution >= 4 is 29.0 Å². The van der Waals surface area contributed by atoms with Gasteiger partial charge in [-0.05, 0) is 25.2 Å². The number of carbonyl (C=O) groups excluding carboxylic acids is 2. The lowest BCUT2D eigenvalue weighted by Crippen LogP contribution is -2.48. The summed E-state index contributed by atoms with van der Waals surface area (Å²) in [5.74, 6) is -0.184. The maximum Gasteiger partial charge on any atom is 0.240 e. The molecule has 2 aromatic carbocycles. The zero-order valence-electron chi connectivity index (χ0n) is 15.7. The molecule has 0 atom stereocenters. The maximum atomic E-state index is 13.0. The summed E-state index contributed by atoms with van der Waals surface area (Å²) in [5, 5.41) is 0.470. The molecule has 0 radical (unpaired) electrons. The van der Waals surface area contributed by atoms with Crippen LogP contribution in [-0.4, -0.2) is 68.3 Å². The Morgan fingerprint density at radius 1 is 1.04 bits per heavy atom. The summed E-state index contributed by atoms with van der Waals surface area (Å²) in [6.07, 6.45) is 0. The molecule has 0 aliphatic carbocycles. The van der Waals surface area contributed by atoms with Gasteiger partial charge in [-0.3, -0.25) is 14.5 Å². The predicted molar refractivity (Wildman–Crippen MR) is 109 cm³/mol. The Labute approximate surface area is 165 Å². The summed E-state index contributed by atoms with van der Waals surface area (Å²) < 4.78 is 0. The van der Waals surface area contributed by atoms with E-state index in [9.17, 15) is 9.59 Å². The van der Waals surface area contributed by atoms with E-state index in [0.717, 1.165) is 26.2 Å². The number of amides is 1. The van der Waals surface area contributed by atoms with Gasteiger partial charge in [0.25, 0.3) is 0 Å². The molecule has 0 saturated carbocycles. The molecule has 0 aromatic heterocycles. The first kappa shape index (κ1) is 19.5. The second-order valence-corrected chi connectivity index (χ2v) is 7.33. The fourth-order valence-corrected chi connectivity index (χ4v) is 3.34. The molecule has 2 aromatic rings. The van der Waals surface area contributed by atoms with Gasteiger partial charge in [-0.1, -0.05) is 41.9 Å². The van der Waals surface area contributed by atoms with Crippen molar-refractivity contribution in [3.05, 3.63) is 64.7 Å². The first-order valence-corrected chi connectivity index (χ1v) is 9.40. The molecule has 27 heavy (non-hydrogen) atoms. The monoisotopic (exact) mass is 385 g/mol. The molecular formula is C21H24ClN3O2. The van der Waals surface area contributed by atoms with Gasteiger partial charge in [0.05, 0.1) is 12.2 Å². The summed E-state index contributed by atoms with van der Waals surface area (Å²) in [7, 11) is 3.80. The van der Waals surface area contributed by atoms with Crippen molar-refractivity contribution in [2.24, 2.45) is 0 Å². The highest BCUT2D eigenvalue weighted by Gasteiger charge is 2.23. The molecule has 6 heteroatoms. The molecule has 142 valence electrons. The predicted octanol–water partition coefficient (Wildman–Crippen LogP) is 2.78. The lowest BCUT2D eigenvalue weighted by molar-refractivity contribution is -0.119. The zero-order chi connectivity index (χ0) is 19.4. The third kappa shape index (κ3) is 4.75. The number of benzene rings is 2. The Bertz CT molecular complexity index is 817. The van der Waals surface area contributed by atoms with Crippen molar-refractivity contribution in [3.8, 4) is 0 Å². The minimum absolute atomic E-state index is 0.0380. The van der Waals surface area contributed by atoms with Crippen LogP contribution in [0.4, 0.5) is 5.69 Å². The van der Waals surface area contributed by atoms with E-state index in [1.807, 2.05) is 18.2 Å². The fraction of sp³-hybridized carbons (Fsp3) is 0.333. The van der Waals surface area contributed by atoms with Crippen LogP contribution in [0.2, 0.25) is 5.02 Å². The lowest BCUT2D eigenvalue weighted by atomic mass is 10.0. The van der Waals surface area contributed by atoms with Crippen LogP contribution >= 0.6 is 11.6 Å². The molecule has 1 aliphatic rings. The standard InChI is InChI=1S/C21H24ClN3O2/c1-23-10-12-25(13-11-23)15-20(26)24(2)19-9-8-17(22)14-18(19)21(27)16-6-4-3-5-7-16/h3-9,14H,10-13,15H2,1-2H3. The molecule has 1 fully saturated rings. The normalized spacial score (nSPS) is 15.5. The SMILES string of the molecule is CN1CCN(CC(=O)N(C)c2ccc(Cl)cc2C(=O)c2ccccc2)CC1. The Balaban J connectivity index is 1.81. The molecule has 1 amide bonds. The molecule has 0 N–H and O–H groups in total. The van der Waals surface area contributed by atoms with Crippen molar-refractivity contribution in [3.63, 3.8) is 0 Å². The topological polar surface area (TPSA) is 43.9 Å². The molecule has 5 nitrogen and oxygen atoms in total. The maximum absolute atomic E-state index is 13.0. The number of carbonyl (C=O) groups is 2. The van der Waals surface area contributed by atoms with Crippen molar-refractivity contribution in [2.45, 2.75) is 0 Å². The Kier molecular flexibility index (Phi) is 6.26. The second-order valence-electron chi connectivity index (χ2n) is 6.89. The summed E-state index contributed by atoms with van der Waals surface area (Å²) in [6, 6.07) is 14.1. The third-order valence-electron chi connectivity index (χ3n) is 4.93. The van der Waals surface area contributed by atoms with Gasteiger partial charge in [0, 0.05) is 49.4 Å². The Morgan fingerprint density at radius 2 is 1.70 bits per heavy atom. The van der Waals surface area contributed by atoms with Gasteiger partial charge in [0.1, 0.15) is 0 Å². The average molecular weight is 386 g/mol. The van der Waals surface area contributed by atoms with E-state index in [1.165, 1.54) is 0 Å². The molecule has 1 heterocycles. The molecule has 0 unspecified atom stereocenters. The first-order chi connectivity index (χ1) is 13.0. The number of rotatable bonds is 5. The first-order valence-electron chi connectivity index (χ1n) is 9.02. The van der Waals surface area contributed by atoms with E-state index in [4.69, 9.17) is 11.6 Å². The van der Waals surface area contributed by atoms with Crippen LogP contribution in [0, 0.1) is 0 Å². The number of piperazine rings is 1. The van der Waals surface area contributed by atoms with E-state index < -0.39 is 0 Å². The molecule has 0 bridgehead atoms. The van der Waals surface area contributed by atoms with Crippen LogP contribution in [-0.2, 0) is 4.79 Å². The van der Waals surface area contributed by atoms with Crippen LogP contribution in [0.3, 0.4) is 0 Å². The van der Waals surface area contributed by atoms with Crippen LogP contribution in [0.1, 0.15) is 15.9 Å². The van der Waals surface area contributed by atoms with Gasteiger partial charge in [-0.15, -0.1) is 0 Å². The van der Waals surface area contributed by atoms with E-state index in [1.54, 1.807) is 42.3 Å². The lowest BCUT2D eigenvalue weighted by Gasteiger charge is -2.33. The van der Waals surface area contributed by atoms with Crippen molar-refractivity contribution < 1.29 is 9.59 Å². The minimum atomic E-state index is -0.146. The fourth-order valence-electron chi connectivity index (χ4n) is 3.17. The van der Waals surface area contributed by atoms with Crippen LogP contribution in [0.25, 0.3) is 0 Å². The molecule has 3 rings (SSSR count). The molecule has 0 spiro atoms. The van der Waals surface area contributed by atoms with E-state index >= 15 is 0 Å². The van der Waals surface area contributed by atoms with Crippen LogP contribution in [0.15, 0.2) is 48.5 Å². The van der Waals surface area contributed by atoms with Gasteiger partial charge in [0.2, 0.25) is 5.91 Å². The highest BCUT2D eigenvalue weighted by atomic mass is 35.5. The summed E-state index contributed by atoms with van der Waals surface area (Å²) >= 11 is 6.13. The van der Waals surface area contributed by atoms with Crippen LogP contribution in [0.5, 0.6) is 0 Å². The molecule has 1 saturated heterocycles. The second kappa shape index (κ2) is 8.65. The summed E-state index contributed by atoms with van der Waals surface area (Å²) in [6.45, 7) is 3.98. The van der Waals surface area contributed by atoms with Crippen LogP contribution < -0.4 is 4.90 Å². The quantitative estimate of drug-likeness (QED) is 0.742. The minimum Gasteiger partial charge on any atom is -0.314 e. The summed E-state index contributed by atoms with van der Waals surface area (Å²) in [5.41, 5.74) is 1.58. The Morgan fingerprint density at radius 3 is 2.37 bits per heavy atom. The van der Waals surface area contributed by atoms with Gasteiger partial charge in [-0.2, -0.15) is 0 Å². The number of hydrogen-bond acceptors (Lipinski definition) is 4. The van der Waals surface area contributed by atoms with Crippen molar-refractivity contribution in [1.29, 1.82) is 0 Å². The van der Waals surface area contributed by atoms with Crippen molar-refractivity contribution in [2.75, 3.05) is 51.7 Å². The van der Waals surface area contributed by atoms with Gasteiger partial charge >= 0.3 is 0 Å². The summed E-state index contributed by atoms with van der Waals surface area (Å²) in [4.78, 5) is 31.7. The average Bonchev–Trinajstić information content (AvgIpc) is 2.69. The largest absolute Gasteiger partial charge is 0.314 e. The van der Waals surface area contributed by atoms with Crippen molar-refractivity contribution in [1.82, 2.24) is 9.80 Å². The number of halogens is 1. The third-order valence-corrected chi connectivity index (χ3v) is 5.16. The van der Waals surface area contributed by atoms with Gasteiger partial charge < -0.3 is 9.80 Å². The number of hydrogen-bond donors (Lipinski definition) is 0. The highest BCUT2D eigenvalue weighted by molar-refractivity contribution is 6.31. The van der Waals surface area contributed by atoms with E-state index in [-0.39, 0.29) is 11.7 Å². The molecular weight excluding hydrogens is 362 g/mol. The number of likely N-dealkylation sites (N-methyl/N-ethyl adjacent to an activating group) is 2. The molecule has 1 aliphatic heterocycles. The number of ketones is 1. The Hall–Kier alpha value is -2.21. The highest BCUT2D eigenvalue weighted by Crippen LogP contribution is 2.26.